The molecular weight excluding hydrogens is 465 g/mol. The molecule has 0 bridgehead atoms. The molecule has 0 radical (unpaired) electrons. The maximum absolute atomic E-state index is 13.4. The van der Waals surface area contributed by atoms with Crippen molar-refractivity contribution in [3.8, 4) is 0 Å². The second-order valence-corrected chi connectivity index (χ2v) is 8.85. The molecule has 1 heterocycles. The molecule has 3 rings (SSSR count). The maximum Gasteiger partial charge on any atom is 0.416 e. The summed E-state index contributed by atoms with van der Waals surface area (Å²) in [6.45, 7) is 2.10. The minimum absolute atomic E-state index is 0.0535. The van der Waals surface area contributed by atoms with Gasteiger partial charge in [-0.15, -0.1) is 11.3 Å². The zero-order valence-corrected chi connectivity index (χ0v) is 19.7. The number of nitrogens with one attached hydrogen (secondary N) is 1. The molecule has 0 saturated heterocycles. The smallest absolute Gasteiger partial charge is 0.396 e. The number of hydrazine groups is 1. The van der Waals surface area contributed by atoms with Gasteiger partial charge in [-0.2, -0.15) is 13.2 Å². The number of aromatic nitrogens is 1. The first-order valence-corrected chi connectivity index (χ1v) is 11.0. The minimum atomic E-state index is -4.54. The summed E-state index contributed by atoms with van der Waals surface area (Å²) in [5.41, 5.74) is 9.27. The van der Waals surface area contributed by atoms with Crippen molar-refractivity contribution in [2.24, 2.45) is 11.6 Å². The number of carbonyl (C=O) groups excluding carboxylic acids is 1. The van der Waals surface area contributed by atoms with Crippen LogP contribution in [-0.4, -0.2) is 29.9 Å². The van der Waals surface area contributed by atoms with Gasteiger partial charge in [0.15, 0.2) is 0 Å². The summed E-state index contributed by atoms with van der Waals surface area (Å²) in [6, 6.07) is 8.34. The molecule has 11 heteroatoms. The van der Waals surface area contributed by atoms with Crippen LogP contribution < -0.4 is 21.9 Å². The van der Waals surface area contributed by atoms with E-state index >= 15 is 0 Å². The number of nitrogens with two attached hydrogens (primary N) is 2. The van der Waals surface area contributed by atoms with E-state index < -0.39 is 17.6 Å². The van der Waals surface area contributed by atoms with E-state index in [4.69, 9.17) is 11.6 Å². The average Bonchev–Trinajstić information content (AvgIpc) is 3.27. The standard InChI is InChI=1S/C23H25F3N6OS/c1-14-4-5-16(8-20(14)32(28)12-19(27)21-10-29-13-34-21)22(33)30-18-7-15(11-31(2)3)6-17(9-18)23(24,25)26/h4-10,12-13H,11,27-28H2,1-3H3,(H,30,33)/b19-12-. The van der Waals surface area contributed by atoms with Crippen LogP contribution in [0.2, 0.25) is 0 Å². The van der Waals surface area contributed by atoms with Crippen molar-refractivity contribution < 1.29 is 18.0 Å². The van der Waals surface area contributed by atoms with Crippen molar-refractivity contribution in [1.82, 2.24) is 9.88 Å². The Bertz CT molecular complexity index is 1190. The van der Waals surface area contributed by atoms with Gasteiger partial charge in [0.25, 0.3) is 5.91 Å². The van der Waals surface area contributed by atoms with E-state index in [0.29, 0.717) is 16.9 Å². The van der Waals surface area contributed by atoms with Gasteiger partial charge in [-0.3, -0.25) is 14.8 Å². The highest BCUT2D eigenvalue weighted by molar-refractivity contribution is 7.10. The SMILES string of the molecule is Cc1ccc(C(=O)Nc2cc(CN(C)C)cc(C(F)(F)F)c2)cc1N(N)/C=C(\N)c1cncs1. The first kappa shape index (κ1) is 25.2. The van der Waals surface area contributed by atoms with Crippen LogP contribution in [0.15, 0.2) is 54.3 Å². The van der Waals surface area contributed by atoms with Crippen LogP contribution in [0.1, 0.15) is 31.9 Å². The Morgan fingerprint density at radius 3 is 2.56 bits per heavy atom. The summed E-state index contributed by atoms with van der Waals surface area (Å²) in [5.74, 6) is 5.59. The van der Waals surface area contributed by atoms with E-state index in [9.17, 15) is 18.0 Å². The largest absolute Gasteiger partial charge is 0.416 e. The van der Waals surface area contributed by atoms with Crippen LogP contribution in [0.4, 0.5) is 24.5 Å². The highest BCUT2D eigenvalue weighted by Gasteiger charge is 2.31. The lowest BCUT2D eigenvalue weighted by Crippen LogP contribution is -2.27. The molecule has 34 heavy (non-hydrogen) atoms. The van der Waals surface area contributed by atoms with Gasteiger partial charge in [0.1, 0.15) is 0 Å². The van der Waals surface area contributed by atoms with Crippen molar-refractivity contribution in [3.63, 3.8) is 0 Å². The fourth-order valence-corrected chi connectivity index (χ4v) is 3.80. The van der Waals surface area contributed by atoms with E-state index in [-0.39, 0.29) is 17.8 Å². The molecule has 0 unspecified atom stereocenters. The number of benzene rings is 2. The second-order valence-electron chi connectivity index (χ2n) is 7.97. The summed E-state index contributed by atoms with van der Waals surface area (Å²) >= 11 is 1.36. The zero-order chi connectivity index (χ0) is 25.0. The summed E-state index contributed by atoms with van der Waals surface area (Å²) in [4.78, 5) is 19.3. The van der Waals surface area contributed by atoms with Crippen molar-refractivity contribution in [2.75, 3.05) is 24.4 Å². The molecule has 0 aliphatic carbocycles. The number of aryl methyl sites for hydroxylation is 1. The van der Waals surface area contributed by atoms with Crippen LogP contribution in [0.5, 0.6) is 0 Å². The normalized spacial score (nSPS) is 12.2. The van der Waals surface area contributed by atoms with E-state index in [1.165, 1.54) is 28.6 Å². The molecule has 3 aromatic rings. The first-order chi connectivity index (χ1) is 15.9. The van der Waals surface area contributed by atoms with Gasteiger partial charge < -0.3 is 16.0 Å². The molecule has 0 saturated carbocycles. The van der Waals surface area contributed by atoms with Crippen LogP contribution in [0, 0.1) is 6.92 Å². The topological polar surface area (TPSA) is 101 Å². The van der Waals surface area contributed by atoms with Crippen molar-refractivity contribution in [3.05, 3.63) is 81.4 Å². The molecule has 5 N–H and O–H groups in total. The van der Waals surface area contributed by atoms with E-state index in [1.54, 1.807) is 48.9 Å². The Kier molecular flexibility index (Phi) is 7.60. The lowest BCUT2D eigenvalue weighted by atomic mass is 10.1. The zero-order valence-electron chi connectivity index (χ0n) is 18.8. The first-order valence-electron chi connectivity index (χ1n) is 10.1. The molecular formula is C23H25F3N6OS. The van der Waals surface area contributed by atoms with Crippen LogP contribution >= 0.6 is 11.3 Å². The number of alkyl halides is 3. The maximum atomic E-state index is 13.4. The molecule has 180 valence electrons. The van der Waals surface area contributed by atoms with Crippen molar-refractivity contribution in [2.45, 2.75) is 19.6 Å². The number of anilines is 2. The molecule has 1 amide bonds. The molecule has 0 aliphatic heterocycles. The predicted octanol–water partition coefficient (Wildman–Crippen LogP) is 4.42. The fraction of sp³-hybridized carbons (Fsp3) is 0.217. The average molecular weight is 491 g/mol. The number of nitrogens with zero attached hydrogens (tertiary/aromatic N) is 3. The fourth-order valence-electron chi connectivity index (χ4n) is 3.26. The molecule has 7 nitrogen and oxygen atoms in total. The second kappa shape index (κ2) is 10.2. The summed E-state index contributed by atoms with van der Waals surface area (Å²) in [7, 11) is 3.50. The summed E-state index contributed by atoms with van der Waals surface area (Å²) in [5, 5.41) is 3.86. The summed E-state index contributed by atoms with van der Waals surface area (Å²) < 4.78 is 40.1. The van der Waals surface area contributed by atoms with Gasteiger partial charge in [0.2, 0.25) is 0 Å². The van der Waals surface area contributed by atoms with Crippen LogP contribution in [-0.2, 0) is 12.7 Å². The highest BCUT2D eigenvalue weighted by atomic mass is 32.1. The minimum Gasteiger partial charge on any atom is -0.396 e. The summed E-state index contributed by atoms with van der Waals surface area (Å²) in [6.07, 6.45) is -1.41. The number of hydrogen-bond donors (Lipinski definition) is 3. The Morgan fingerprint density at radius 1 is 1.21 bits per heavy atom. The van der Waals surface area contributed by atoms with Crippen LogP contribution in [0.25, 0.3) is 5.70 Å². The number of carbonyl (C=O) groups is 1. The number of amides is 1. The molecule has 0 aliphatic rings. The van der Waals surface area contributed by atoms with Gasteiger partial charge in [0, 0.05) is 30.2 Å². The Balaban J connectivity index is 1.87. The van der Waals surface area contributed by atoms with Gasteiger partial charge in [0.05, 0.1) is 27.3 Å². The number of rotatable bonds is 7. The monoisotopic (exact) mass is 490 g/mol. The third-order valence-corrected chi connectivity index (χ3v) is 5.64. The van der Waals surface area contributed by atoms with Gasteiger partial charge in [-0.05, 0) is 62.5 Å². The van der Waals surface area contributed by atoms with Crippen molar-refractivity contribution in [1.29, 1.82) is 0 Å². The third kappa shape index (κ3) is 6.34. The third-order valence-electron chi connectivity index (χ3n) is 4.82. The number of hydrogen-bond acceptors (Lipinski definition) is 7. The Morgan fingerprint density at radius 2 is 1.94 bits per heavy atom. The predicted molar refractivity (Wildman–Crippen MR) is 129 cm³/mol. The van der Waals surface area contributed by atoms with E-state index in [2.05, 4.69) is 10.3 Å². The molecule has 0 spiro atoms. The molecule has 1 aromatic heterocycles. The van der Waals surface area contributed by atoms with Gasteiger partial charge >= 0.3 is 6.18 Å². The Labute approximate surface area is 199 Å². The van der Waals surface area contributed by atoms with Gasteiger partial charge in [-0.25, -0.2) is 5.84 Å². The van der Waals surface area contributed by atoms with Crippen molar-refractivity contribution >= 4 is 34.3 Å². The quantitative estimate of drug-likeness (QED) is 0.335. The van der Waals surface area contributed by atoms with Crippen LogP contribution in [0.3, 0.4) is 0 Å². The number of thiazole rings is 1. The van der Waals surface area contributed by atoms with E-state index in [1.807, 2.05) is 6.92 Å². The Hall–Kier alpha value is -3.41. The highest BCUT2D eigenvalue weighted by Crippen LogP contribution is 2.32. The lowest BCUT2D eigenvalue weighted by Gasteiger charge is -2.19. The molecule has 0 fully saturated rings. The van der Waals surface area contributed by atoms with E-state index in [0.717, 1.165) is 22.6 Å². The molecule has 2 aromatic carbocycles. The lowest BCUT2D eigenvalue weighted by molar-refractivity contribution is -0.137. The molecule has 0 atom stereocenters. The van der Waals surface area contributed by atoms with Gasteiger partial charge in [-0.1, -0.05) is 6.07 Å². The number of halogens is 3.